The van der Waals surface area contributed by atoms with Crippen LogP contribution in [0.3, 0.4) is 0 Å². The van der Waals surface area contributed by atoms with E-state index in [-0.39, 0.29) is 39.2 Å². The van der Waals surface area contributed by atoms with Gasteiger partial charge >= 0.3 is 5.69 Å². The Morgan fingerprint density at radius 3 is 2.67 bits per heavy atom. The standard InChI is InChI=1S/C33H31Cl2FN6O3/c1-6-24(43)40-10-11-41(18(5)15-40)32-26-23(42(33(44)39-32)30-17(4)7-9-38-29(30)16(2)3)13-20(19-8-12-45-31(19)26)25-27(36)21(34)14-22(35)28(25)37/h6-9,12-14,16,18H,1,10-11,15,37H2,2-5H3/t18-/m0/s1. The molecule has 1 atom stereocenters. The lowest BCUT2D eigenvalue weighted by Gasteiger charge is -2.40. The number of pyridine rings is 1. The lowest BCUT2D eigenvalue weighted by Crippen LogP contribution is -2.54. The fraction of sp³-hybridized carbons (Fsp3) is 0.273. The molecule has 1 saturated heterocycles. The highest BCUT2D eigenvalue weighted by atomic mass is 35.5. The summed E-state index contributed by atoms with van der Waals surface area (Å²) in [6.45, 7) is 12.7. The molecule has 0 unspecified atom stereocenters. The predicted octanol–water partition coefficient (Wildman–Crippen LogP) is 6.88. The van der Waals surface area contributed by atoms with Crippen molar-refractivity contribution in [3.8, 4) is 16.8 Å². The van der Waals surface area contributed by atoms with Gasteiger partial charge in [-0.2, -0.15) is 4.98 Å². The molecule has 12 heteroatoms. The number of hydrogen-bond acceptors (Lipinski definition) is 7. The summed E-state index contributed by atoms with van der Waals surface area (Å²) in [5.74, 6) is -0.564. The maximum atomic E-state index is 15.8. The second-order valence-corrected chi connectivity index (χ2v) is 12.3. The normalized spacial score (nSPS) is 15.4. The van der Waals surface area contributed by atoms with Gasteiger partial charge in [0.1, 0.15) is 11.4 Å². The summed E-state index contributed by atoms with van der Waals surface area (Å²) in [5, 5.41) is 0.963. The van der Waals surface area contributed by atoms with E-state index in [2.05, 4.69) is 16.5 Å². The van der Waals surface area contributed by atoms with Crippen molar-refractivity contribution in [1.29, 1.82) is 0 Å². The predicted molar refractivity (Wildman–Crippen MR) is 177 cm³/mol. The molecular weight excluding hydrogens is 618 g/mol. The van der Waals surface area contributed by atoms with Gasteiger partial charge in [-0.1, -0.05) is 43.6 Å². The second-order valence-electron chi connectivity index (χ2n) is 11.5. The van der Waals surface area contributed by atoms with Crippen molar-refractivity contribution < 1.29 is 13.6 Å². The van der Waals surface area contributed by atoms with Crippen LogP contribution in [0.1, 0.15) is 37.9 Å². The third-order valence-electron chi connectivity index (χ3n) is 8.37. The van der Waals surface area contributed by atoms with E-state index < -0.39 is 11.5 Å². The van der Waals surface area contributed by atoms with Crippen molar-refractivity contribution in [2.24, 2.45) is 0 Å². The van der Waals surface area contributed by atoms with Gasteiger partial charge in [-0.25, -0.2) is 9.18 Å². The summed E-state index contributed by atoms with van der Waals surface area (Å²) in [4.78, 5) is 39.6. The van der Waals surface area contributed by atoms with E-state index in [4.69, 9.17) is 33.4 Å². The minimum absolute atomic E-state index is 0.000603. The zero-order valence-electron chi connectivity index (χ0n) is 25.2. The van der Waals surface area contributed by atoms with E-state index in [1.54, 1.807) is 23.2 Å². The van der Waals surface area contributed by atoms with Crippen LogP contribution in [-0.2, 0) is 4.79 Å². The molecule has 45 heavy (non-hydrogen) atoms. The van der Waals surface area contributed by atoms with E-state index in [1.165, 1.54) is 23.0 Å². The van der Waals surface area contributed by atoms with Crippen molar-refractivity contribution in [3.63, 3.8) is 0 Å². The van der Waals surface area contributed by atoms with Crippen LogP contribution in [-0.4, -0.2) is 51.0 Å². The molecule has 0 saturated carbocycles. The number of furan rings is 1. The topological polar surface area (TPSA) is 110 Å². The van der Waals surface area contributed by atoms with Gasteiger partial charge in [0.05, 0.1) is 44.3 Å². The Bertz CT molecular complexity index is 2060. The van der Waals surface area contributed by atoms with Crippen molar-refractivity contribution >= 4 is 62.5 Å². The van der Waals surface area contributed by atoms with Gasteiger partial charge in [-0.15, -0.1) is 0 Å². The molecule has 9 nitrogen and oxygen atoms in total. The quantitative estimate of drug-likeness (QED) is 0.126. The number of piperazine rings is 1. The van der Waals surface area contributed by atoms with Gasteiger partial charge in [0.2, 0.25) is 5.91 Å². The Kier molecular flexibility index (Phi) is 7.82. The van der Waals surface area contributed by atoms with Gasteiger partial charge in [0.15, 0.2) is 5.82 Å². The van der Waals surface area contributed by atoms with E-state index in [9.17, 15) is 9.59 Å². The smallest absolute Gasteiger partial charge is 0.354 e. The Morgan fingerprint density at radius 1 is 1.22 bits per heavy atom. The average molecular weight is 650 g/mol. The molecule has 5 aromatic rings. The molecule has 3 aromatic heterocycles. The molecule has 2 N–H and O–H groups in total. The SMILES string of the molecule is C=CC(=O)N1CCN(c2nc(=O)n(-c3c(C)ccnc3C(C)C)c3cc(-c4c(N)c(Cl)cc(Cl)c4F)c4ccoc4c23)[C@@H](C)C1. The summed E-state index contributed by atoms with van der Waals surface area (Å²) < 4.78 is 23.4. The maximum Gasteiger partial charge on any atom is 0.354 e. The summed E-state index contributed by atoms with van der Waals surface area (Å²) >= 11 is 12.6. The van der Waals surface area contributed by atoms with Gasteiger partial charge in [0.25, 0.3) is 0 Å². The number of halogens is 3. The Morgan fingerprint density at radius 2 is 1.98 bits per heavy atom. The van der Waals surface area contributed by atoms with E-state index in [0.29, 0.717) is 64.3 Å². The van der Waals surface area contributed by atoms with Crippen LogP contribution in [0.5, 0.6) is 0 Å². The number of nitrogens with zero attached hydrogens (tertiary/aromatic N) is 5. The van der Waals surface area contributed by atoms with Crippen molar-refractivity contribution in [2.45, 2.75) is 39.7 Å². The Hall–Kier alpha value is -4.41. The number of hydrogen-bond donors (Lipinski definition) is 1. The van der Waals surface area contributed by atoms with Crippen molar-refractivity contribution in [3.05, 3.63) is 87.0 Å². The first-order valence-electron chi connectivity index (χ1n) is 14.5. The summed E-state index contributed by atoms with van der Waals surface area (Å²) in [5.41, 5.74) is 9.00. The number of carbonyl (C=O) groups excluding carboxylic acids is 1. The third kappa shape index (κ3) is 4.92. The molecule has 4 heterocycles. The molecule has 1 aliphatic heterocycles. The molecule has 0 bridgehead atoms. The number of carbonyl (C=O) groups is 1. The number of rotatable bonds is 5. The molecule has 0 radical (unpaired) electrons. The lowest BCUT2D eigenvalue weighted by atomic mass is 9.96. The first-order chi connectivity index (χ1) is 21.4. The number of nitrogens with two attached hydrogens (primary N) is 1. The average Bonchev–Trinajstić information content (AvgIpc) is 3.50. The molecule has 6 rings (SSSR count). The van der Waals surface area contributed by atoms with Crippen LogP contribution in [0.4, 0.5) is 15.9 Å². The number of amides is 1. The van der Waals surface area contributed by atoms with E-state index in [0.717, 1.165) is 5.56 Å². The molecule has 1 amide bonds. The van der Waals surface area contributed by atoms with E-state index in [1.807, 2.05) is 38.7 Å². The Labute approximate surface area is 268 Å². The fourth-order valence-corrected chi connectivity index (χ4v) is 6.66. The van der Waals surface area contributed by atoms with Crippen LogP contribution in [0, 0.1) is 12.7 Å². The molecular formula is C33H31Cl2FN6O3. The van der Waals surface area contributed by atoms with Crippen LogP contribution >= 0.6 is 23.2 Å². The number of fused-ring (bicyclic) bond motifs is 3. The monoisotopic (exact) mass is 648 g/mol. The fourth-order valence-electron chi connectivity index (χ4n) is 6.20. The number of nitrogen functional groups attached to an aromatic ring is 1. The van der Waals surface area contributed by atoms with Crippen LogP contribution < -0.4 is 16.3 Å². The largest absolute Gasteiger partial charge is 0.463 e. The first kappa shape index (κ1) is 30.6. The highest BCUT2D eigenvalue weighted by Crippen LogP contribution is 2.45. The Balaban J connectivity index is 1.75. The minimum Gasteiger partial charge on any atom is -0.463 e. The lowest BCUT2D eigenvalue weighted by molar-refractivity contribution is -0.126. The molecule has 1 aliphatic rings. The summed E-state index contributed by atoms with van der Waals surface area (Å²) in [6.07, 6.45) is 4.49. The summed E-state index contributed by atoms with van der Waals surface area (Å²) in [6, 6.07) is 6.29. The van der Waals surface area contributed by atoms with Crippen LogP contribution in [0.2, 0.25) is 10.0 Å². The minimum atomic E-state index is -0.749. The number of anilines is 2. The number of aromatic nitrogens is 3. The van der Waals surface area contributed by atoms with Gasteiger partial charge < -0.3 is 20.0 Å². The molecule has 232 valence electrons. The van der Waals surface area contributed by atoms with Crippen molar-refractivity contribution in [2.75, 3.05) is 30.3 Å². The van der Waals surface area contributed by atoms with Crippen LogP contribution in [0.15, 0.2) is 58.6 Å². The zero-order chi connectivity index (χ0) is 32.3. The van der Waals surface area contributed by atoms with Gasteiger partial charge in [-0.05, 0) is 61.2 Å². The third-order valence-corrected chi connectivity index (χ3v) is 8.95. The number of aryl methyl sites for hydroxylation is 1. The zero-order valence-corrected chi connectivity index (χ0v) is 26.7. The van der Waals surface area contributed by atoms with Gasteiger partial charge in [0, 0.05) is 42.8 Å². The summed E-state index contributed by atoms with van der Waals surface area (Å²) in [7, 11) is 0. The highest BCUT2D eigenvalue weighted by Gasteiger charge is 2.32. The van der Waals surface area contributed by atoms with Crippen LogP contribution in [0.25, 0.3) is 38.7 Å². The number of benzene rings is 2. The van der Waals surface area contributed by atoms with Crippen molar-refractivity contribution in [1.82, 2.24) is 19.4 Å². The van der Waals surface area contributed by atoms with E-state index >= 15 is 4.39 Å². The molecule has 0 aliphatic carbocycles. The first-order valence-corrected chi connectivity index (χ1v) is 15.2. The second kappa shape index (κ2) is 11.5. The molecule has 2 aromatic carbocycles. The maximum absolute atomic E-state index is 15.8. The molecule has 1 fully saturated rings. The molecule has 0 spiro atoms. The highest BCUT2D eigenvalue weighted by molar-refractivity contribution is 6.37. The van der Waals surface area contributed by atoms with Gasteiger partial charge in [-0.3, -0.25) is 14.3 Å².